The Labute approximate surface area is 136 Å². The lowest BCUT2D eigenvalue weighted by Gasteiger charge is -2.64. The van der Waals surface area contributed by atoms with Gasteiger partial charge in [0.2, 0.25) is 0 Å². The zero-order chi connectivity index (χ0) is 16.2. The highest BCUT2D eigenvalue weighted by molar-refractivity contribution is 6.92. The average molecular weight is 315 g/mol. The molecule has 1 N–H and O–H groups in total. The molecule has 0 saturated heterocycles. The van der Waals surface area contributed by atoms with E-state index in [1.165, 1.54) is 18.0 Å². The molecule has 3 fully saturated rings. The topological polar surface area (TPSA) is 20.2 Å². The van der Waals surface area contributed by atoms with Gasteiger partial charge in [-0.05, 0) is 42.4 Å². The van der Waals surface area contributed by atoms with Gasteiger partial charge in [0.25, 0.3) is 0 Å². The van der Waals surface area contributed by atoms with Crippen molar-refractivity contribution in [2.75, 3.05) is 0 Å². The molecule has 3 saturated carbocycles. The summed E-state index contributed by atoms with van der Waals surface area (Å²) in [5, 5.41) is 12.4. The molecule has 0 amide bonds. The maximum absolute atomic E-state index is 11.8. The van der Waals surface area contributed by atoms with Crippen molar-refractivity contribution in [3.05, 3.63) is 43.0 Å². The molecule has 0 spiro atoms. The van der Waals surface area contributed by atoms with Crippen LogP contribution in [0, 0.1) is 23.2 Å². The summed E-state index contributed by atoms with van der Waals surface area (Å²) in [7, 11) is -2.06. The largest absolute Gasteiger partial charge is 0.389 e. The Hall–Kier alpha value is -0.863. The minimum Gasteiger partial charge on any atom is -0.389 e. The Morgan fingerprint density at radius 3 is 2.36 bits per heavy atom. The smallest absolute Gasteiger partial charge is 0.122 e. The minimum absolute atomic E-state index is 0.367. The predicted octanol–water partition coefficient (Wildman–Crippen LogP) is 4.13. The summed E-state index contributed by atoms with van der Waals surface area (Å²) in [6.07, 6.45) is 5.62. The summed E-state index contributed by atoms with van der Waals surface area (Å²) >= 11 is 0. The average Bonchev–Trinajstić information content (AvgIpc) is 2.54. The number of fused-ring (bicyclic) bond motifs is 2. The maximum atomic E-state index is 11.8. The second-order valence-electron chi connectivity index (χ2n) is 8.56. The van der Waals surface area contributed by atoms with Crippen molar-refractivity contribution in [3.8, 4) is 0 Å². The Kier molecular flexibility index (Phi) is 3.69. The second kappa shape index (κ2) is 5.07. The monoisotopic (exact) mass is 314 g/mol. The molecule has 4 atom stereocenters. The summed E-state index contributed by atoms with van der Waals surface area (Å²) in [4.78, 5) is 0. The van der Waals surface area contributed by atoms with Gasteiger partial charge in [0, 0.05) is 0 Å². The molecule has 3 aliphatic rings. The van der Waals surface area contributed by atoms with Crippen LogP contribution >= 0.6 is 0 Å². The third kappa shape index (κ3) is 2.00. The Morgan fingerprint density at radius 2 is 1.86 bits per heavy atom. The maximum Gasteiger partial charge on any atom is 0.122 e. The molecular formula is C20H30OSi. The molecule has 0 aliphatic heterocycles. The lowest BCUT2D eigenvalue weighted by atomic mass is 9.45. The lowest BCUT2D eigenvalue weighted by Crippen LogP contribution is -2.69. The first-order valence-corrected chi connectivity index (χ1v) is 11.7. The Balaban J connectivity index is 2.00. The highest BCUT2D eigenvalue weighted by Gasteiger charge is 2.62. The summed E-state index contributed by atoms with van der Waals surface area (Å²) in [5.74, 6) is 1.88. The van der Waals surface area contributed by atoms with Crippen molar-refractivity contribution >= 4 is 13.3 Å². The van der Waals surface area contributed by atoms with Gasteiger partial charge in [-0.15, -0.1) is 6.58 Å². The van der Waals surface area contributed by atoms with E-state index in [4.69, 9.17) is 0 Å². The van der Waals surface area contributed by atoms with Gasteiger partial charge in [0.15, 0.2) is 0 Å². The number of hydrogen-bond acceptors (Lipinski definition) is 1. The molecule has 0 aromatic heterocycles. The van der Waals surface area contributed by atoms with Gasteiger partial charge >= 0.3 is 0 Å². The molecule has 1 nitrogen and oxygen atoms in total. The molecule has 1 unspecified atom stereocenters. The zero-order valence-corrected chi connectivity index (χ0v) is 15.5. The standard InChI is InChI=1S/C20H30OSi/c1-6-20(21,22(4,5)16-10-8-7-9-11-16)17-13-12-15-14-18(17)19(15,2)3/h6-11,15,17-18,21H,1,12-14H2,2-5H3/t15-,17+,18-,20?/m1/s1. The molecule has 2 bridgehead atoms. The van der Waals surface area contributed by atoms with Crippen molar-refractivity contribution in [2.45, 2.75) is 51.4 Å². The molecule has 1 aromatic carbocycles. The van der Waals surface area contributed by atoms with E-state index in [-0.39, 0.29) is 0 Å². The van der Waals surface area contributed by atoms with Crippen LogP contribution in [0.1, 0.15) is 33.1 Å². The Morgan fingerprint density at radius 1 is 1.23 bits per heavy atom. The summed E-state index contributed by atoms with van der Waals surface area (Å²) in [6.45, 7) is 13.5. The van der Waals surface area contributed by atoms with Gasteiger partial charge in [-0.1, -0.05) is 68.5 Å². The first-order valence-electron chi connectivity index (χ1n) is 8.66. The number of hydrogen-bond donors (Lipinski definition) is 1. The van der Waals surface area contributed by atoms with Gasteiger partial charge in [-0.25, -0.2) is 0 Å². The van der Waals surface area contributed by atoms with Gasteiger partial charge in [0.05, 0.1) is 5.22 Å². The normalized spacial score (nSPS) is 32.7. The van der Waals surface area contributed by atoms with Crippen LogP contribution in [0.2, 0.25) is 13.1 Å². The molecule has 1 aromatic rings. The molecule has 0 radical (unpaired) electrons. The number of rotatable bonds is 4. The van der Waals surface area contributed by atoms with Crippen LogP contribution in [0.25, 0.3) is 0 Å². The quantitative estimate of drug-likeness (QED) is 0.654. The number of aliphatic hydroxyl groups is 1. The highest BCUT2D eigenvalue weighted by Crippen LogP contribution is 2.64. The van der Waals surface area contributed by atoms with Crippen LogP contribution in [0.5, 0.6) is 0 Å². The van der Waals surface area contributed by atoms with E-state index in [0.29, 0.717) is 17.3 Å². The lowest BCUT2D eigenvalue weighted by molar-refractivity contribution is -0.140. The summed E-state index contributed by atoms with van der Waals surface area (Å²) < 4.78 is 0. The van der Waals surface area contributed by atoms with Crippen molar-refractivity contribution in [2.24, 2.45) is 23.2 Å². The fourth-order valence-corrected chi connectivity index (χ4v) is 8.56. The van der Waals surface area contributed by atoms with Crippen LogP contribution in [0.4, 0.5) is 0 Å². The fraction of sp³-hybridized carbons (Fsp3) is 0.600. The van der Waals surface area contributed by atoms with Gasteiger partial charge < -0.3 is 5.11 Å². The van der Waals surface area contributed by atoms with Crippen molar-refractivity contribution < 1.29 is 5.11 Å². The molecule has 120 valence electrons. The fourth-order valence-electron chi connectivity index (χ4n) is 5.29. The van der Waals surface area contributed by atoms with E-state index >= 15 is 0 Å². The van der Waals surface area contributed by atoms with Crippen LogP contribution in [-0.4, -0.2) is 18.4 Å². The molecule has 4 rings (SSSR count). The van der Waals surface area contributed by atoms with E-state index < -0.39 is 13.3 Å². The third-order valence-corrected chi connectivity index (χ3v) is 11.6. The molecular weight excluding hydrogens is 284 g/mol. The minimum atomic E-state index is -2.06. The van der Waals surface area contributed by atoms with Crippen molar-refractivity contribution in [1.29, 1.82) is 0 Å². The second-order valence-corrected chi connectivity index (χ2v) is 13.2. The van der Waals surface area contributed by atoms with Gasteiger partial charge in [-0.2, -0.15) is 0 Å². The van der Waals surface area contributed by atoms with E-state index in [1.807, 2.05) is 6.08 Å². The van der Waals surface area contributed by atoms with E-state index in [9.17, 15) is 5.11 Å². The first kappa shape index (κ1) is 16.0. The Bertz CT molecular complexity index is 560. The van der Waals surface area contributed by atoms with Crippen LogP contribution in [0.3, 0.4) is 0 Å². The molecule has 0 heterocycles. The van der Waals surface area contributed by atoms with E-state index in [2.05, 4.69) is 63.9 Å². The molecule has 22 heavy (non-hydrogen) atoms. The predicted molar refractivity (Wildman–Crippen MR) is 96.8 cm³/mol. The van der Waals surface area contributed by atoms with E-state index in [0.717, 1.165) is 12.3 Å². The van der Waals surface area contributed by atoms with Gasteiger partial charge in [-0.3, -0.25) is 0 Å². The van der Waals surface area contributed by atoms with Crippen molar-refractivity contribution in [1.82, 2.24) is 0 Å². The number of benzene rings is 1. The zero-order valence-electron chi connectivity index (χ0n) is 14.5. The third-order valence-electron chi connectivity index (χ3n) is 7.23. The van der Waals surface area contributed by atoms with E-state index in [1.54, 1.807) is 0 Å². The van der Waals surface area contributed by atoms with Crippen molar-refractivity contribution in [3.63, 3.8) is 0 Å². The highest BCUT2D eigenvalue weighted by atomic mass is 28.3. The molecule has 2 heteroatoms. The van der Waals surface area contributed by atoms with Gasteiger partial charge in [0.1, 0.15) is 8.07 Å². The molecule has 3 aliphatic carbocycles. The van der Waals surface area contributed by atoms with Crippen LogP contribution in [-0.2, 0) is 0 Å². The van der Waals surface area contributed by atoms with Crippen LogP contribution < -0.4 is 5.19 Å². The summed E-state index contributed by atoms with van der Waals surface area (Å²) in [6, 6.07) is 10.6. The SMILES string of the molecule is C=CC(O)([C@H]1CC[C@@H]2C[C@H]1C2(C)C)[Si](C)(C)c1ccccc1. The summed E-state index contributed by atoms with van der Waals surface area (Å²) in [5.41, 5.74) is 0.390. The first-order chi connectivity index (χ1) is 10.2. The van der Waals surface area contributed by atoms with Crippen LogP contribution in [0.15, 0.2) is 43.0 Å².